The molecule has 1 atom stereocenters. The smallest absolute Gasteiger partial charge is 0.296 e. The van der Waals surface area contributed by atoms with Crippen LogP contribution in [-0.2, 0) is 4.79 Å². The molecule has 2 N–H and O–H groups in total. The van der Waals surface area contributed by atoms with Gasteiger partial charge in [0.05, 0.1) is 11.0 Å². The topological polar surface area (TPSA) is 84.3 Å². The molecule has 6 nitrogen and oxygen atoms in total. The molecule has 0 bridgehead atoms. The summed E-state index contributed by atoms with van der Waals surface area (Å²) in [5.74, 6) is -3.27. The molecule has 1 fully saturated rings. The van der Waals surface area contributed by atoms with E-state index >= 15 is 0 Å². The minimum absolute atomic E-state index is 0.550. The summed E-state index contributed by atoms with van der Waals surface area (Å²) in [6.45, 7) is 0.645. The quantitative estimate of drug-likeness (QED) is 0.656. The van der Waals surface area contributed by atoms with Crippen LogP contribution >= 0.6 is 0 Å². The van der Waals surface area contributed by atoms with Gasteiger partial charge in [0.25, 0.3) is 5.69 Å². The molecule has 1 aliphatic rings. The molecule has 20 heavy (non-hydrogen) atoms. The van der Waals surface area contributed by atoms with Crippen LogP contribution in [0.4, 0.5) is 20.2 Å². The van der Waals surface area contributed by atoms with E-state index in [1.54, 1.807) is 0 Å². The molecule has 1 heterocycles. The molecule has 0 radical (unpaired) electrons. The average Bonchev–Trinajstić information content (AvgIpc) is 2.44. The van der Waals surface area contributed by atoms with Gasteiger partial charge in [-0.25, -0.2) is 8.78 Å². The number of nitro groups is 1. The van der Waals surface area contributed by atoms with Gasteiger partial charge in [0, 0.05) is 6.07 Å². The molecule has 2 rings (SSSR count). The number of nitrogens with one attached hydrogen (secondary N) is 2. The number of hydrogen-bond donors (Lipinski definition) is 2. The Kier molecular flexibility index (Phi) is 4.23. The Balaban J connectivity index is 2.25. The molecule has 0 aliphatic carbocycles. The van der Waals surface area contributed by atoms with Crippen LogP contribution in [0.1, 0.15) is 19.3 Å². The molecule has 108 valence electrons. The fourth-order valence-electron chi connectivity index (χ4n) is 2.10. The maximum absolute atomic E-state index is 13.6. The van der Waals surface area contributed by atoms with Crippen molar-refractivity contribution in [2.75, 3.05) is 11.9 Å². The lowest BCUT2D eigenvalue weighted by Gasteiger charge is -2.22. The van der Waals surface area contributed by atoms with E-state index in [0.717, 1.165) is 18.9 Å². The van der Waals surface area contributed by atoms with Crippen molar-refractivity contribution >= 4 is 17.3 Å². The first-order valence-electron chi connectivity index (χ1n) is 6.17. The number of piperidine rings is 1. The summed E-state index contributed by atoms with van der Waals surface area (Å²) in [4.78, 5) is 21.8. The van der Waals surface area contributed by atoms with Crippen LogP contribution in [0.3, 0.4) is 0 Å². The SMILES string of the molecule is O=C(Nc1c([N+](=O)[O-])ccc(F)c1F)[C@H]1CCCCN1. The summed E-state index contributed by atoms with van der Waals surface area (Å²) < 4.78 is 26.8. The van der Waals surface area contributed by atoms with Crippen molar-refractivity contribution in [3.8, 4) is 0 Å². The molecule has 0 unspecified atom stereocenters. The zero-order valence-electron chi connectivity index (χ0n) is 10.5. The van der Waals surface area contributed by atoms with Crippen LogP contribution < -0.4 is 10.6 Å². The fourth-order valence-corrected chi connectivity index (χ4v) is 2.10. The van der Waals surface area contributed by atoms with E-state index in [9.17, 15) is 23.7 Å². The minimum atomic E-state index is -1.43. The summed E-state index contributed by atoms with van der Waals surface area (Å²) in [6.07, 6.45) is 2.31. The number of hydrogen-bond acceptors (Lipinski definition) is 4. The number of nitro benzene ring substituents is 1. The molecule has 1 aromatic rings. The Labute approximate surface area is 113 Å². The standard InChI is InChI=1S/C12H13F2N3O3/c13-7-4-5-9(17(19)20)11(10(7)14)16-12(18)8-3-1-2-6-15-8/h4-5,8,15H,1-3,6H2,(H,16,18)/t8-/m1/s1. The van der Waals surface area contributed by atoms with Gasteiger partial charge in [-0.2, -0.15) is 0 Å². The number of benzene rings is 1. The second-order valence-corrected chi connectivity index (χ2v) is 4.50. The van der Waals surface area contributed by atoms with E-state index in [-0.39, 0.29) is 0 Å². The number of anilines is 1. The highest BCUT2D eigenvalue weighted by atomic mass is 19.2. The number of carbonyl (C=O) groups is 1. The van der Waals surface area contributed by atoms with E-state index < -0.39 is 39.9 Å². The van der Waals surface area contributed by atoms with Gasteiger partial charge in [0.1, 0.15) is 0 Å². The van der Waals surface area contributed by atoms with Gasteiger partial charge < -0.3 is 10.6 Å². The second-order valence-electron chi connectivity index (χ2n) is 4.50. The van der Waals surface area contributed by atoms with Gasteiger partial charge in [0.15, 0.2) is 17.3 Å². The van der Waals surface area contributed by atoms with Gasteiger partial charge in [-0.1, -0.05) is 6.42 Å². The van der Waals surface area contributed by atoms with Crippen molar-refractivity contribution < 1.29 is 18.5 Å². The monoisotopic (exact) mass is 285 g/mol. The van der Waals surface area contributed by atoms with E-state index in [0.29, 0.717) is 19.0 Å². The van der Waals surface area contributed by atoms with Crippen LogP contribution in [-0.4, -0.2) is 23.4 Å². The van der Waals surface area contributed by atoms with E-state index in [1.807, 2.05) is 0 Å². The number of amides is 1. The zero-order valence-corrected chi connectivity index (χ0v) is 10.5. The van der Waals surface area contributed by atoms with Gasteiger partial charge >= 0.3 is 0 Å². The van der Waals surface area contributed by atoms with Gasteiger partial charge in [-0.3, -0.25) is 14.9 Å². The maximum atomic E-state index is 13.6. The van der Waals surface area contributed by atoms with Gasteiger partial charge in [-0.15, -0.1) is 0 Å². The highest BCUT2D eigenvalue weighted by Gasteiger charge is 2.27. The summed E-state index contributed by atoms with van der Waals surface area (Å²) in [5, 5.41) is 15.8. The van der Waals surface area contributed by atoms with Gasteiger partial charge in [-0.05, 0) is 25.5 Å². The van der Waals surface area contributed by atoms with E-state index in [4.69, 9.17) is 0 Å². The third-order valence-corrected chi connectivity index (χ3v) is 3.14. The van der Waals surface area contributed by atoms with E-state index in [1.165, 1.54) is 0 Å². The highest BCUT2D eigenvalue weighted by Crippen LogP contribution is 2.29. The van der Waals surface area contributed by atoms with E-state index in [2.05, 4.69) is 10.6 Å². The minimum Gasteiger partial charge on any atom is -0.316 e. The predicted molar refractivity (Wildman–Crippen MR) is 67.3 cm³/mol. The van der Waals surface area contributed by atoms with Crippen LogP contribution in [0.2, 0.25) is 0 Å². The van der Waals surface area contributed by atoms with Crippen LogP contribution in [0.15, 0.2) is 12.1 Å². The highest BCUT2D eigenvalue weighted by molar-refractivity contribution is 5.96. The fraction of sp³-hybridized carbons (Fsp3) is 0.417. The summed E-state index contributed by atoms with van der Waals surface area (Å²) in [7, 11) is 0. The molecular formula is C12H13F2N3O3. The molecular weight excluding hydrogens is 272 g/mol. The Hall–Kier alpha value is -2.09. The Morgan fingerprint density at radius 1 is 1.40 bits per heavy atom. The zero-order chi connectivity index (χ0) is 14.7. The first-order chi connectivity index (χ1) is 9.50. The third-order valence-electron chi connectivity index (χ3n) is 3.14. The normalized spacial score (nSPS) is 18.6. The molecule has 0 saturated carbocycles. The molecule has 1 aromatic carbocycles. The van der Waals surface area contributed by atoms with Crippen molar-refractivity contribution in [2.24, 2.45) is 0 Å². The molecule has 0 aromatic heterocycles. The molecule has 0 spiro atoms. The number of rotatable bonds is 3. The Morgan fingerprint density at radius 2 is 2.15 bits per heavy atom. The number of carbonyl (C=O) groups excluding carboxylic acids is 1. The first-order valence-corrected chi connectivity index (χ1v) is 6.17. The number of nitrogens with zero attached hydrogens (tertiary/aromatic N) is 1. The lowest BCUT2D eigenvalue weighted by atomic mass is 10.0. The Bertz CT molecular complexity index is 545. The predicted octanol–water partition coefficient (Wildman–Crippen LogP) is 1.95. The van der Waals surface area contributed by atoms with Crippen molar-refractivity contribution in [3.63, 3.8) is 0 Å². The van der Waals surface area contributed by atoms with Crippen LogP contribution in [0.5, 0.6) is 0 Å². The number of halogens is 2. The van der Waals surface area contributed by atoms with Crippen molar-refractivity contribution in [2.45, 2.75) is 25.3 Å². The molecule has 8 heteroatoms. The van der Waals surface area contributed by atoms with Crippen LogP contribution in [0, 0.1) is 21.7 Å². The lowest BCUT2D eigenvalue weighted by Crippen LogP contribution is -2.43. The second kappa shape index (κ2) is 5.91. The maximum Gasteiger partial charge on any atom is 0.296 e. The van der Waals surface area contributed by atoms with Crippen molar-refractivity contribution in [3.05, 3.63) is 33.9 Å². The largest absolute Gasteiger partial charge is 0.316 e. The molecule has 1 aliphatic heterocycles. The van der Waals surface area contributed by atoms with Crippen LogP contribution in [0.25, 0.3) is 0 Å². The van der Waals surface area contributed by atoms with Gasteiger partial charge in [0.2, 0.25) is 5.91 Å². The Morgan fingerprint density at radius 3 is 2.75 bits per heavy atom. The summed E-state index contributed by atoms with van der Waals surface area (Å²) in [5.41, 5.74) is -1.40. The lowest BCUT2D eigenvalue weighted by molar-refractivity contribution is -0.384. The average molecular weight is 285 g/mol. The summed E-state index contributed by atoms with van der Waals surface area (Å²) >= 11 is 0. The third kappa shape index (κ3) is 2.90. The molecule has 1 saturated heterocycles. The van der Waals surface area contributed by atoms with Crippen molar-refractivity contribution in [1.82, 2.24) is 5.32 Å². The summed E-state index contributed by atoms with van der Waals surface area (Å²) in [6, 6.07) is 0.927. The first kappa shape index (κ1) is 14.3. The molecule has 1 amide bonds. The van der Waals surface area contributed by atoms with Crippen molar-refractivity contribution in [1.29, 1.82) is 0 Å².